The summed E-state index contributed by atoms with van der Waals surface area (Å²) in [5, 5.41) is 12.3. The Hall–Kier alpha value is -2.23. The van der Waals surface area contributed by atoms with E-state index in [9.17, 15) is 9.90 Å². The van der Waals surface area contributed by atoms with Crippen molar-refractivity contribution in [2.75, 3.05) is 57.4 Å². The Bertz CT molecular complexity index is 1380. The predicted octanol–water partition coefficient (Wildman–Crippen LogP) is 5.63. The topological polar surface area (TPSA) is 74.3 Å². The van der Waals surface area contributed by atoms with Crippen LogP contribution in [0.5, 0.6) is 5.75 Å². The van der Waals surface area contributed by atoms with Gasteiger partial charge in [-0.05, 0) is 110 Å². The van der Waals surface area contributed by atoms with Crippen LogP contribution in [-0.2, 0) is 16.6 Å². The number of carbonyl (C=O) groups excluding carboxylic acids is 1. The molecule has 2 aromatic carbocycles. The summed E-state index contributed by atoms with van der Waals surface area (Å²) < 4.78 is 15.4. The van der Waals surface area contributed by atoms with Crippen molar-refractivity contribution in [3.63, 3.8) is 0 Å². The summed E-state index contributed by atoms with van der Waals surface area (Å²) >= 11 is 7.96. The van der Waals surface area contributed by atoms with Crippen LogP contribution in [0, 0.1) is 11.8 Å². The number of aryl methyl sites for hydroxylation is 1. The smallest absolute Gasteiger partial charge is 0.261 e. The van der Waals surface area contributed by atoms with Gasteiger partial charge in [-0.3, -0.25) is 14.4 Å². The molecule has 1 spiro atoms. The molecule has 3 heterocycles. The molecular weight excluding hydrogens is 594 g/mol. The van der Waals surface area contributed by atoms with Crippen molar-refractivity contribution in [1.29, 1.82) is 0 Å². The minimum Gasteiger partial charge on any atom is -0.490 e. The summed E-state index contributed by atoms with van der Waals surface area (Å²) in [4.78, 5) is 18.5. The van der Waals surface area contributed by atoms with Crippen LogP contribution >= 0.6 is 23.5 Å². The molecule has 0 radical (unpaired) electrons. The highest BCUT2D eigenvalue weighted by Gasteiger charge is 2.44. The number of hydrogen-bond donors (Lipinski definition) is 2. The van der Waals surface area contributed by atoms with Gasteiger partial charge in [0.15, 0.2) is 0 Å². The van der Waals surface area contributed by atoms with Gasteiger partial charge in [-0.25, -0.2) is 0 Å². The lowest BCUT2D eigenvalue weighted by molar-refractivity contribution is 0.0379. The number of nitrogens with zero attached hydrogens (tertiary/aromatic N) is 2. The summed E-state index contributed by atoms with van der Waals surface area (Å²) in [7, 11) is 0. The number of benzene rings is 2. The van der Waals surface area contributed by atoms with E-state index in [4.69, 9.17) is 21.1 Å². The number of aliphatic hydroxyl groups excluding tert-OH is 1. The molecule has 2 N–H and O–H groups in total. The Kier molecular flexibility index (Phi) is 9.16. The van der Waals surface area contributed by atoms with Crippen molar-refractivity contribution in [3.8, 4) is 5.75 Å². The number of carbonyl (C=O) groups is 1. The zero-order valence-corrected chi connectivity index (χ0v) is 27.0. The molecule has 0 unspecified atom stereocenters. The Morgan fingerprint density at radius 3 is 2.84 bits per heavy atom. The van der Waals surface area contributed by atoms with Crippen LogP contribution in [0.1, 0.15) is 60.0 Å². The van der Waals surface area contributed by atoms with Crippen molar-refractivity contribution in [2.24, 2.45) is 11.8 Å². The van der Waals surface area contributed by atoms with E-state index in [1.807, 2.05) is 30.3 Å². The summed E-state index contributed by atoms with van der Waals surface area (Å²) in [6, 6.07) is 12.3. The summed E-state index contributed by atoms with van der Waals surface area (Å²) in [6.45, 7) is 6.48. The van der Waals surface area contributed by atoms with Crippen LogP contribution < -0.4 is 14.4 Å². The molecule has 7 nitrogen and oxygen atoms in total. The number of anilines is 1. The number of rotatable bonds is 2. The van der Waals surface area contributed by atoms with Gasteiger partial charge in [0.1, 0.15) is 5.75 Å². The van der Waals surface area contributed by atoms with Gasteiger partial charge < -0.3 is 19.5 Å². The van der Waals surface area contributed by atoms with Gasteiger partial charge in [0.2, 0.25) is 0 Å². The van der Waals surface area contributed by atoms with E-state index in [2.05, 4.69) is 32.7 Å². The largest absolute Gasteiger partial charge is 0.490 e. The maximum absolute atomic E-state index is 13.6. The minimum atomic E-state index is -0.438. The third kappa shape index (κ3) is 6.38. The predicted molar refractivity (Wildman–Crippen MR) is 177 cm³/mol. The van der Waals surface area contributed by atoms with Gasteiger partial charge in [0, 0.05) is 54.0 Å². The lowest BCUT2D eigenvalue weighted by Crippen LogP contribution is -2.49. The first kappa shape index (κ1) is 30.4. The molecule has 5 aliphatic rings. The Balaban J connectivity index is 1.20. The molecule has 1 saturated heterocycles. The standard InChI is InChI=1S/C35H44ClN3O4S/c36-27-9-11-30-24(18-27)4-3-13-35(30)22-39-20-26-7-10-29(26)32(40)6-2-1-5-28(21-38-14-16-42-17-15-38)44-37-34(41)25-8-12-33(43-23-35)31(39)19-25/h2,6,8-9,11-12,18-19,26,28-29,32,40H,1,3-5,7,10,13-17,20-23H2,(H,37,41)/b6-2-/t26-,28-,29+,32-,35-/m0/s1. The van der Waals surface area contributed by atoms with Crippen molar-refractivity contribution >= 4 is 35.1 Å². The molecule has 2 fully saturated rings. The Morgan fingerprint density at radius 1 is 1.11 bits per heavy atom. The van der Waals surface area contributed by atoms with E-state index in [1.54, 1.807) is 0 Å². The molecule has 236 valence electrons. The molecule has 2 aromatic rings. The molecule has 5 atom stereocenters. The van der Waals surface area contributed by atoms with Crippen LogP contribution in [0.4, 0.5) is 5.69 Å². The van der Waals surface area contributed by atoms with Crippen molar-refractivity contribution in [1.82, 2.24) is 9.62 Å². The average molecular weight is 638 g/mol. The number of hydrogen-bond acceptors (Lipinski definition) is 7. The quantitative estimate of drug-likeness (QED) is 0.327. The highest BCUT2D eigenvalue weighted by molar-refractivity contribution is 7.98. The summed E-state index contributed by atoms with van der Waals surface area (Å²) in [5.74, 6) is 1.38. The molecule has 44 heavy (non-hydrogen) atoms. The second-order valence-electron chi connectivity index (χ2n) is 13.4. The lowest BCUT2D eigenvalue weighted by atomic mass is 9.68. The van der Waals surface area contributed by atoms with Gasteiger partial charge >= 0.3 is 0 Å². The zero-order valence-electron chi connectivity index (χ0n) is 25.4. The van der Waals surface area contributed by atoms with Crippen LogP contribution in [0.2, 0.25) is 5.02 Å². The van der Waals surface area contributed by atoms with Crippen molar-refractivity contribution < 1.29 is 19.4 Å². The number of nitrogens with one attached hydrogen (secondary N) is 1. The number of fused-ring (bicyclic) bond motifs is 4. The highest BCUT2D eigenvalue weighted by Crippen LogP contribution is 2.46. The monoisotopic (exact) mass is 637 g/mol. The number of amides is 1. The molecule has 0 aromatic heterocycles. The fourth-order valence-corrected chi connectivity index (χ4v) is 9.05. The number of ether oxygens (including phenoxy) is 2. The van der Waals surface area contributed by atoms with E-state index in [0.29, 0.717) is 18.1 Å². The highest BCUT2D eigenvalue weighted by atomic mass is 35.5. The molecule has 7 rings (SSSR count). The third-order valence-electron chi connectivity index (χ3n) is 10.5. The van der Waals surface area contributed by atoms with Gasteiger partial charge in [0.25, 0.3) is 5.91 Å². The Morgan fingerprint density at radius 2 is 2.00 bits per heavy atom. The molecular formula is C35H44ClN3O4S. The third-order valence-corrected chi connectivity index (χ3v) is 11.8. The van der Waals surface area contributed by atoms with Gasteiger partial charge in [-0.15, -0.1) is 0 Å². The van der Waals surface area contributed by atoms with Gasteiger partial charge in [-0.2, -0.15) is 0 Å². The number of allylic oxidation sites excluding steroid dienone is 1. The number of halogens is 1. The SMILES string of the molecule is O=C1NS[C@H](CN2CCOCC2)CC/C=C\[C@H](O)[C@@H]2CC[C@H]2CN2C[C@@]3(CCCc4cc(Cl)ccc43)COc3ccc1cc32. The first-order chi connectivity index (χ1) is 21.5. The number of morpholine rings is 1. The second kappa shape index (κ2) is 13.2. The molecule has 2 aliphatic carbocycles. The maximum atomic E-state index is 13.6. The van der Waals surface area contributed by atoms with E-state index >= 15 is 0 Å². The van der Waals surface area contributed by atoms with Crippen molar-refractivity contribution in [2.45, 2.75) is 61.7 Å². The normalized spacial score (nSPS) is 32.0. The summed E-state index contributed by atoms with van der Waals surface area (Å²) in [6.07, 6.45) is 10.8. The maximum Gasteiger partial charge on any atom is 0.261 e. The fraction of sp³-hybridized carbons (Fsp3) is 0.571. The molecule has 3 aliphatic heterocycles. The van der Waals surface area contributed by atoms with Crippen LogP contribution in [0.3, 0.4) is 0 Å². The molecule has 2 bridgehead atoms. The minimum absolute atomic E-state index is 0.0686. The van der Waals surface area contributed by atoms with Crippen molar-refractivity contribution in [3.05, 3.63) is 70.3 Å². The van der Waals surface area contributed by atoms with Crippen LogP contribution in [0.25, 0.3) is 0 Å². The summed E-state index contributed by atoms with van der Waals surface area (Å²) in [5.41, 5.74) is 4.12. The fourth-order valence-electron chi connectivity index (χ4n) is 7.92. The van der Waals surface area contributed by atoms with Crippen LogP contribution in [-0.4, -0.2) is 79.8 Å². The van der Waals surface area contributed by atoms with E-state index in [1.165, 1.54) is 23.1 Å². The van der Waals surface area contributed by atoms with Gasteiger partial charge in [-0.1, -0.05) is 29.8 Å². The average Bonchev–Trinajstić information content (AvgIpc) is 3.16. The van der Waals surface area contributed by atoms with E-state index < -0.39 is 6.10 Å². The number of aliphatic hydroxyl groups is 1. The first-order valence-electron chi connectivity index (χ1n) is 16.4. The Labute approximate surface area is 270 Å². The van der Waals surface area contributed by atoms with E-state index in [0.717, 1.165) is 107 Å². The molecule has 9 heteroatoms. The lowest BCUT2D eigenvalue weighted by Gasteiger charge is -2.45. The molecule has 1 saturated carbocycles. The molecule has 1 amide bonds. The first-order valence-corrected chi connectivity index (χ1v) is 17.6. The zero-order chi connectivity index (χ0) is 30.1. The van der Waals surface area contributed by atoms with Gasteiger partial charge in [0.05, 0.1) is 31.6 Å². The van der Waals surface area contributed by atoms with E-state index in [-0.39, 0.29) is 22.5 Å². The second-order valence-corrected chi connectivity index (χ2v) is 14.9. The van der Waals surface area contributed by atoms with Crippen LogP contribution in [0.15, 0.2) is 48.6 Å².